The van der Waals surface area contributed by atoms with E-state index in [0.717, 1.165) is 66.4 Å². The number of amides is 3. The van der Waals surface area contributed by atoms with Crippen LogP contribution in [0.15, 0.2) is 36.5 Å². The Balaban J connectivity index is 1.08. The molecule has 3 aliphatic rings. The van der Waals surface area contributed by atoms with Gasteiger partial charge in [-0.15, -0.1) is 0 Å². The minimum Gasteiger partial charge on any atom is -0.495 e. The molecule has 1 aromatic heterocycles. The third-order valence-corrected chi connectivity index (χ3v) is 10.3. The average molecular weight is 631 g/mol. The van der Waals surface area contributed by atoms with Crippen molar-refractivity contribution >= 4 is 28.5 Å². The SMILES string of the molecule is COc1cccc(CNC2CCN(C(=O)NC(Cc3cc(C)c4[nH]ncc4c3)C(=O)N3CCC(N4CCCCC4)CC3)CC2)c1N. The molecule has 0 radical (unpaired) electrons. The van der Waals surface area contributed by atoms with E-state index >= 15 is 0 Å². The number of anilines is 1. The van der Waals surface area contributed by atoms with Crippen LogP contribution in [-0.4, -0.2) is 101 Å². The normalized spacial score (nSPS) is 19.3. The second-order valence-corrected chi connectivity index (χ2v) is 13.3. The molecule has 248 valence electrons. The van der Waals surface area contributed by atoms with Gasteiger partial charge in [0.1, 0.15) is 11.8 Å². The van der Waals surface area contributed by atoms with Crippen molar-refractivity contribution in [2.45, 2.75) is 83.0 Å². The molecule has 6 rings (SSSR count). The number of ether oxygens (including phenoxy) is 1. The average Bonchev–Trinajstić information content (AvgIpc) is 3.57. The molecule has 0 saturated carbocycles. The molecule has 3 amide bonds. The Morgan fingerprint density at radius 2 is 1.76 bits per heavy atom. The number of hydrogen-bond acceptors (Lipinski definition) is 7. The minimum absolute atomic E-state index is 0.0165. The Bertz CT molecular complexity index is 1490. The third kappa shape index (κ3) is 7.41. The van der Waals surface area contributed by atoms with Crippen LogP contribution in [0.2, 0.25) is 0 Å². The molecular weight excluding hydrogens is 580 g/mol. The summed E-state index contributed by atoms with van der Waals surface area (Å²) in [5.41, 5.74) is 11.0. The van der Waals surface area contributed by atoms with Crippen LogP contribution in [0.5, 0.6) is 5.75 Å². The van der Waals surface area contributed by atoms with E-state index in [2.05, 4.69) is 37.9 Å². The number of nitrogen functional groups attached to an aromatic ring is 1. The van der Waals surface area contributed by atoms with Gasteiger partial charge in [0.15, 0.2) is 0 Å². The zero-order valence-electron chi connectivity index (χ0n) is 27.4. The summed E-state index contributed by atoms with van der Waals surface area (Å²) in [7, 11) is 1.62. The van der Waals surface area contributed by atoms with E-state index in [4.69, 9.17) is 10.5 Å². The molecule has 46 heavy (non-hydrogen) atoms. The number of para-hydroxylation sites is 1. The van der Waals surface area contributed by atoms with E-state index in [-0.39, 0.29) is 18.0 Å². The lowest BCUT2D eigenvalue weighted by Crippen LogP contribution is -2.57. The van der Waals surface area contributed by atoms with E-state index < -0.39 is 6.04 Å². The predicted octanol–water partition coefficient (Wildman–Crippen LogP) is 3.81. The van der Waals surface area contributed by atoms with E-state index in [9.17, 15) is 9.59 Å². The van der Waals surface area contributed by atoms with Crippen LogP contribution in [-0.2, 0) is 17.8 Å². The highest BCUT2D eigenvalue weighted by Crippen LogP contribution is 2.26. The van der Waals surface area contributed by atoms with Crippen LogP contribution in [0, 0.1) is 6.92 Å². The summed E-state index contributed by atoms with van der Waals surface area (Å²) >= 11 is 0. The van der Waals surface area contributed by atoms with Crippen LogP contribution < -0.4 is 21.1 Å². The largest absolute Gasteiger partial charge is 0.495 e. The third-order valence-electron chi connectivity index (χ3n) is 10.3. The molecule has 5 N–H and O–H groups in total. The number of piperidine rings is 3. The fourth-order valence-electron chi connectivity index (χ4n) is 7.52. The van der Waals surface area contributed by atoms with Gasteiger partial charge in [-0.2, -0.15) is 5.10 Å². The lowest BCUT2D eigenvalue weighted by atomic mass is 9.97. The zero-order chi connectivity index (χ0) is 32.0. The fourth-order valence-corrected chi connectivity index (χ4v) is 7.52. The number of likely N-dealkylation sites (tertiary alicyclic amines) is 3. The van der Waals surface area contributed by atoms with Crippen molar-refractivity contribution < 1.29 is 14.3 Å². The van der Waals surface area contributed by atoms with E-state index in [1.54, 1.807) is 7.11 Å². The summed E-state index contributed by atoms with van der Waals surface area (Å²) in [5.74, 6) is 0.698. The molecule has 11 heteroatoms. The number of rotatable bonds is 9. The van der Waals surface area contributed by atoms with Gasteiger partial charge < -0.3 is 35.8 Å². The number of hydrogen-bond donors (Lipinski definition) is 4. The standard InChI is InChI=1S/C35H50N8O3/c1-24-19-25(20-27-23-38-40-33(24)27)21-30(34(44)42-17-11-29(12-18-42)41-13-4-3-5-14-41)39-35(45)43-15-9-28(10-16-43)37-22-26-7-6-8-31(46-2)32(26)36/h6-8,19-20,23,28-30,37H,3-5,9-18,21-22,36H2,1-2H3,(H,38,40)(H,39,45). The first-order valence-corrected chi connectivity index (χ1v) is 17.0. The number of fused-ring (bicyclic) bond motifs is 1. The molecule has 3 saturated heterocycles. The van der Waals surface area contributed by atoms with Crippen molar-refractivity contribution in [3.63, 3.8) is 0 Å². The lowest BCUT2D eigenvalue weighted by molar-refractivity contribution is -0.134. The minimum atomic E-state index is -0.630. The Morgan fingerprint density at radius 3 is 2.50 bits per heavy atom. The molecule has 0 bridgehead atoms. The molecule has 1 unspecified atom stereocenters. The number of nitrogens with zero attached hydrogens (tertiary/aromatic N) is 4. The first-order valence-electron chi connectivity index (χ1n) is 17.0. The van der Waals surface area contributed by atoms with Crippen LogP contribution in [0.3, 0.4) is 0 Å². The highest BCUT2D eigenvalue weighted by atomic mass is 16.5. The summed E-state index contributed by atoms with van der Waals surface area (Å²) in [5, 5.41) is 15.0. The number of aryl methyl sites for hydroxylation is 1. The van der Waals surface area contributed by atoms with Crippen LogP contribution >= 0.6 is 0 Å². The number of nitrogens with two attached hydrogens (primary N) is 1. The number of methoxy groups -OCH3 is 1. The number of aromatic amines is 1. The maximum absolute atomic E-state index is 14.1. The number of H-pyrrole nitrogens is 1. The van der Waals surface area contributed by atoms with Gasteiger partial charge >= 0.3 is 6.03 Å². The smallest absolute Gasteiger partial charge is 0.318 e. The lowest BCUT2D eigenvalue weighted by Gasteiger charge is -2.41. The van der Waals surface area contributed by atoms with Crippen LogP contribution in [0.1, 0.15) is 61.6 Å². The van der Waals surface area contributed by atoms with Crippen molar-refractivity contribution in [1.82, 2.24) is 35.5 Å². The van der Waals surface area contributed by atoms with Crippen LogP contribution in [0.4, 0.5) is 10.5 Å². The summed E-state index contributed by atoms with van der Waals surface area (Å²) in [4.78, 5) is 34.2. The van der Waals surface area contributed by atoms with Gasteiger partial charge in [-0.25, -0.2) is 4.79 Å². The van der Waals surface area contributed by atoms with E-state index in [1.165, 1.54) is 32.4 Å². The predicted molar refractivity (Wildman–Crippen MR) is 181 cm³/mol. The molecule has 4 heterocycles. The van der Waals surface area contributed by atoms with Gasteiger partial charge in [0.2, 0.25) is 5.91 Å². The van der Waals surface area contributed by atoms with Gasteiger partial charge in [-0.3, -0.25) is 9.89 Å². The number of aromatic nitrogens is 2. The van der Waals surface area contributed by atoms with Crippen molar-refractivity contribution in [3.05, 3.63) is 53.2 Å². The molecule has 3 aliphatic heterocycles. The van der Waals surface area contributed by atoms with E-state index in [1.807, 2.05) is 41.1 Å². The van der Waals surface area contributed by atoms with Gasteiger partial charge in [0.05, 0.1) is 24.5 Å². The zero-order valence-corrected chi connectivity index (χ0v) is 27.4. The number of carbonyl (C=O) groups excluding carboxylic acids is 2. The maximum Gasteiger partial charge on any atom is 0.318 e. The number of benzene rings is 2. The summed E-state index contributed by atoms with van der Waals surface area (Å²) in [6, 6.07) is 10.0. The fraction of sp³-hybridized carbons (Fsp3) is 0.571. The summed E-state index contributed by atoms with van der Waals surface area (Å²) in [6.07, 6.45) is 9.78. The molecule has 11 nitrogen and oxygen atoms in total. The molecule has 2 aromatic carbocycles. The monoisotopic (exact) mass is 630 g/mol. The first kappa shape index (κ1) is 32.1. The second kappa shape index (κ2) is 14.7. The van der Waals surface area contributed by atoms with Gasteiger partial charge in [-0.1, -0.05) is 24.6 Å². The topological polar surface area (TPSA) is 132 Å². The molecular formula is C35H50N8O3. The number of nitrogens with one attached hydrogen (secondary N) is 3. The molecule has 0 aliphatic carbocycles. The quantitative estimate of drug-likeness (QED) is 0.265. The number of urea groups is 1. The Hall–Kier alpha value is -3.83. The Morgan fingerprint density at radius 1 is 1.02 bits per heavy atom. The number of carbonyl (C=O) groups is 2. The molecule has 1 atom stereocenters. The van der Waals surface area contributed by atoms with Crippen LogP contribution in [0.25, 0.3) is 10.9 Å². The highest BCUT2D eigenvalue weighted by Gasteiger charge is 2.33. The van der Waals surface area contributed by atoms with E-state index in [0.29, 0.717) is 43.5 Å². The highest BCUT2D eigenvalue weighted by molar-refractivity contribution is 5.88. The van der Waals surface area contributed by atoms with Gasteiger partial charge in [0.25, 0.3) is 0 Å². The Labute approximate surface area is 272 Å². The van der Waals surface area contributed by atoms with Crippen molar-refractivity contribution in [2.24, 2.45) is 0 Å². The van der Waals surface area contributed by atoms with Gasteiger partial charge in [-0.05, 0) is 87.4 Å². The van der Waals surface area contributed by atoms with Crippen molar-refractivity contribution in [3.8, 4) is 5.75 Å². The van der Waals surface area contributed by atoms with Crippen molar-refractivity contribution in [1.29, 1.82) is 0 Å². The summed E-state index contributed by atoms with van der Waals surface area (Å²) in [6.45, 7) is 7.76. The molecule has 3 fully saturated rings. The summed E-state index contributed by atoms with van der Waals surface area (Å²) < 4.78 is 5.36. The van der Waals surface area contributed by atoms with Gasteiger partial charge in [0, 0.05) is 56.6 Å². The molecule has 0 spiro atoms. The second-order valence-electron chi connectivity index (χ2n) is 13.3. The maximum atomic E-state index is 14.1. The Kier molecular flexibility index (Phi) is 10.3. The molecule has 3 aromatic rings. The van der Waals surface area contributed by atoms with Crippen molar-refractivity contribution in [2.75, 3.05) is 52.1 Å². The first-order chi connectivity index (χ1) is 22.4.